The van der Waals surface area contributed by atoms with Crippen LogP contribution in [0.1, 0.15) is 32.1 Å². The van der Waals surface area contributed by atoms with Gasteiger partial charge in [0.1, 0.15) is 25.6 Å². The summed E-state index contributed by atoms with van der Waals surface area (Å²) >= 11 is 0. The second-order valence-corrected chi connectivity index (χ2v) is 3.95. The Morgan fingerprint density at radius 1 is 0.958 bits per heavy atom. The van der Waals surface area contributed by atoms with Gasteiger partial charge in [-0.15, -0.1) is 0 Å². The van der Waals surface area contributed by atoms with Crippen LogP contribution in [0.4, 0.5) is 4.79 Å². The van der Waals surface area contributed by atoms with Crippen LogP contribution in [0, 0.1) is 0 Å². The molecule has 0 aliphatic carbocycles. The van der Waals surface area contributed by atoms with Crippen molar-refractivity contribution >= 4 is 31.7 Å². The maximum Gasteiger partial charge on any atom is 0.409 e. The predicted octanol–water partition coefficient (Wildman–Crippen LogP) is 0.682. The zero-order chi connectivity index (χ0) is 18.9. The third kappa shape index (κ3) is 32.0. The van der Waals surface area contributed by atoms with Gasteiger partial charge in [0.25, 0.3) is 0 Å². The Labute approximate surface area is 142 Å². The summed E-state index contributed by atoms with van der Waals surface area (Å²) in [6.45, 7) is 3.24. The number of hydrogen-bond donors (Lipinski definition) is 1. The third-order valence-corrected chi connectivity index (χ3v) is 2.08. The van der Waals surface area contributed by atoms with Crippen LogP contribution in [0.2, 0.25) is 0 Å². The normalized spacial score (nSPS) is 8.54. The molecule has 0 saturated heterocycles. The number of carbonyl (C=O) groups is 5. The molecule has 1 N–H and O–H groups in total. The van der Waals surface area contributed by atoms with Crippen molar-refractivity contribution in [2.24, 2.45) is 0 Å². The number of carbonyl (C=O) groups excluding carboxylic acids is 5. The molecule has 9 heteroatoms. The number of hydrogen-bond acceptors (Lipinski definition) is 8. The molecule has 0 bridgehead atoms. The minimum absolute atomic E-state index is 0.0635. The minimum Gasteiger partial charge on any atom is -0.422 e. The van der Waals surface area contributed by atoms with Crippen LogP contribution >= 0.6 is 0 Å². The maximum atomic E-state index is 10.8. The fourth-order valence-electron chi connectivity index (χ4n) is 1.04. The lowest BCUT2D eigenvalue weighted by molar-refractivity contribution is -0.109. The molecular weight excluding hydrogens is 322 g/mol. The first kappa shape index (κ1) is 26.8. The average molecular weight is 349 g/mol. The summed E-state index contributed by atoms with van der Waals surface area (Å²) in [6, 6.07) is 0. The summed E-state index contributed by atoms with van der Waals surface area (Å²) in [6.07, 6.45) is 4.90. The van der Waals surface area contributed by atoms with Crippen LogP contribution in [-0.2, 0) is 33.4 Å². The zero-order valence-electron chi connectivity index (χ0n) is 14.1. The Bertz CT molecular complexity index is 291. The monoisotopic (exact) mass is 349 g/mol. The SMILES string of the molecule is C=O.COCOC(=O)NCCOCCCC=O.O=CCCCC=O. The van der Waals surface area contributed by atoms with E-state index in [1.54, 1.807) is 0 Å². The number of nitrogens with one attached hydrogen (secondary N) is 1. The number of amides is 1. The minimum atomic E-state index is -0.534. The van der Waals surface area contributed by atoms with Gasteiger partial charge in [0.05, 0.1) is 6.61 Å². The highest BCUT2D eigenvalue weighted by Crippen LogP contribution is 1.86. The maximum absolute atomic E-state index is 10.8. The second kappa shape index (κ2) is 29.0. The molecule has 140 valence electrons. The Morgan fingerprint density at radius 2 is 1.50 bits per heavy atom. The molecule has 0 heterocycles. The first-order valence-corrected chi connectivity index (χ1v) is 7.30. The van der Waals surface area contributed by atoms with Gasteiger partial charge in [0.2, 0.25) is 0 Å². The molecule has 0 spiro atoms. The highest BCUT2D eigenvalue weighted by atomic mass is 16.7. The van der Waals surface area contributed by atoms with E-state index >= 15 is 0 Å². The number of rotatable bonds is 13. The Morgan fingerprint density at radius 3 is 2.00 bits per heavy atom. The molecule has 0 aromatic carbocycles. The highest BCUT2D eigenvalue weighted by molar-refractivity contribution is 5.66. The van der Waals surface area contributed by atoms with Crippen molar-refractivity contribution in [3.8, 4) is 0 Å². The number of aldehydes is 3. The van der Waals surface area contributed by atoms with Gasteiger partial charge in [-0.1, -0.05) is 0 Å². The van der Waals surface area contributed by atoms with E-state index in [0.29, 0.717) is 51.9 Å². The molecule has 0 aliphatic rings. The van der Waals surface area contributed by atoms with Crippen LogP contribution in [0.15, 0.2) is 0 Å². The number of alkyl carbamates (subject to hydrolysis) is 1. The first-order chi connectivity index (χ1) is 11.7. The molecule has 24 heavy (non-hydrogen) atoms. The first-order valence-electron chi connectivity index (χ1n) is 7.30. The Balaban J connectivity index is -0.000000410. The van der Waals surface area contributed by atoms with Crippen LogP contribution in [-0.4, -0.2) is 65.4 Å². The van der Waals surface area contributed by atoms with Gasteiger partial charge in [-0.05, 0) is 12.8 Å². The molecule has 0 fully saturated rings. The standard InChI is InChI=1S/C9H17NO5.C5H8O2.CH2O/c1-13-8-15-9(12)10-4-7-14-6-3-2-5-11;6-4-2-1-3-5-7;1-2/h5H,2-4,6-8H2,1H3,(H,10,12);4-5H,1-3H2;1H2. The van der Waals surface area contributed by atoms with Crippen molar-refractivity contribution in [3.63, 3.8) is 0 Å². The van der Waals surface area contributed by atoms with E-state index in [-0.39, 0.29) is 6.79 Å². The zero-order valence-corrected chi connectivity index (χ0v) is 14.1. The lowest BCUT2D eigenvalue weighted by Gasteiger charge is -2.06. The smallest absolute Gasteiger partial charge is 0.409 e. The Kier molecular flexibility index (Phi) is 32.3. The molecule has 1 amide bonds. The third-order valence-electron chi connectivity index (χ3n) is 2.08. The summed E-state index contributed by atoms with van der Waals surface area (Å²) < 4.78 is 14.2. The predicted molar refractivity (Wildman–Crippen MR) is 85.6 cm³/mol. The lowest BCUT2D eigenvalue weighted by Crippen LogP contribution is -2.28. The fourth-order valence-corrected chi connectivity index (χ4v) is 1.04. The molecule has 0 radical (unpaired) electrons. The number of methoxy groups -OCH3 is 1. The van der Waals surface area contributed by atoms with Gasteiger partial charge in [-0.3, -0.25) is 0 Å². The van der Waals surface area contributed by atoms with E-state index < -0.39 is 6.09 Å². The van der Waals surface area contributed by atoms with Gasteiger partial charge in [-0.2, -0.15) is 0 Å². The summed E-state index contributed by atoms with van der Waals surface area (Å²) in [5.41, 5.74) is 0. The molecule has 0 aromatic heterocycles. The molecule has 0 aromatic rings. The van der Waals surface area contributed by atoms with E-state index in [4.69, 9.17) is 9.53 Å². The van der Waals surface area contributed by atoms with Gasteiger partial charge in [-0.25, -0.2) is 4.79 Å². The van der Waals surface area contributed by atoms with Crippen LogP contribution < -0.4 is 5.32 Å². The van der Waals surface area contributed by atoms with Crippen LogP contribution in [0.5, 0.6) is 0 Å². The van der Waals surface area contributed by atoms with Gasteiger partial charge < -0.3 is 38.7 Å². The molecule has 0 saturated carbocycles. The van der Waals surface area contributed by atoms with Gasteiger partial charge in [0, 0.05) is 39.5 Å². The van der Waals surface area contributed by atoms with E-state index in [0.717, 1.165) is 18.9 Å². The van der Waals surface area contributed by atoms with E-state index in [1.807, 2.05) is 6.79 Å². The molecule has 0 rings (SSSR count). The summed E-state index contributed by atoms with van der Waals surface area (Å²) in [5.74, 6) is 0. The van der Waals surface area contributed by atoms with E-state index in [1.165, 1.54) is 7.11 Å². The fraction of sp³-hybridized carbons (Fsp3) is 0.667. The quantitative estimate of drug-likeness (QED) is 0.292. The summed E-state index contributed by atoms with van der Waals surface area (Å²) in [7, 11) is 1.43. The second-order valence-electron chi connectivity index (χ2n) is 3.95. The van der Waals surface area contributed by atoms with Crippen molar-refractivity contribution in [1.29, 1.82) is 0 Å². The topological polar surface area (TPSA) is 125 Å². The molecule has 9 nitrogen and oxygen atoms in total. The van der Waals surface area contributed by atoms with Crippen molar-refractivity contribution in [1.82, 2.24) is 5.32 Å². The highest BCUT2D eigenvalue weighted by Gasteiger charge is 1.99. The Hall–Kier alpha value is -2.13. The molecule has 0 unspecified atom stereocenters. The summed E-state index contributed by atoms with van der Waals surface area (Å²) in [5, 5.41) is 2.47. The van der Waals surface area contributed by atoms with E-state index in [9.17, 15) is 19.2 Å². The number of unbranched alkanes of at least 4 members (excludes halogenated alkanes) is 3. The number of ether oxygens (including phenoxy) is 3. The van der Waals surface area contributed by atoms with Gasteiger partial charge in [0.15, 0.2) is 6.79 Å². The van der Waals surface area contributed by atoms with Crippen LogP contribution in [0.25, 0.3) is 0 Å². The largest absolute Gasteiger partial charge is 0.422 e. The molecule has 0 atom stereocenters. The van der Waals surface area contributed by atoms with Crippen LogP contribution in [0.3, 0.4) is 0 Å². The summed E-state index contributed by atoms with van der Waals surface area (Å²) in [4.78, 5) is 47.9. The average Bonchev–Trinajstić information content (AvgIpc) is 2.62. The van der Waals surface area contributed by atoms with E-state index in [2.05, 4.69) is 14.8 Å². The molecular formula is C15H27NO8. The van der Waals surface area contributed by atoms with Crippen molar-refractivity contribution in [3.05, 3.63) is 0 Å². The lowest BCUT2D eigenvalue weighted by atomic mass is 10.3. The van der Waals surface area contributed by atoms with Crippen molar-refractivity contribution in [2.75, 3.05) is 33.7 Å². The van der Waals surface area contributed by atoms with Crippen molar-refractivity contribution < 1.29 is 38.2 Å². The molecule has 0 aliphatic heterocycles. The van der Waals surface area contributed by atoms with Crippen molar-refractivity contribution in [2.45, 2.75) is 32.1 Å². The van der Waals surface area contributed by atoms with Gasteiger partial charge >= 0.3 is 6.09 Å².